The molecular weight excluding hydrogens is 419 g/mol. The van der Waals surface area contributed by atoms with E-state index in [4.69, 9.17) is 4.18 Å². The highest BCUT2D eigenvalue weighted by Gasteiger charge is 2.32. The Morgan fingerprint density at radius 3 is 1.42 bits per heavy atom. The molecule has 3 heteroatoms. The summed E-state index contributed by atoms with van der Waals surface area (Å²) in [7, 11) is 0. The van der Waals surface area contributed by atoms with Gasteiger partial charge in [-0.3, -0.25) is 0 Å². The Morgan fingerprint density at radius 1 is 0.697 bits per heavy atom. The molecule has 0 bridgehead atoms. The van der Waals surface area contributed by atoms with Gasteiger partial charge < -0.3 is 0 Å². The lowest BCUT2D eigenvalue weighted by atomic mass is 9.14. The van der Waals surface area contributed by atoms with Crippen LogP contribution in [0.5, 0.6) is 0 Å². The van der Waals surface area contributed by atoms with Crippen molar-refractivity contribution >= 4 is 33.7 Å². The minimum Gasteiger partial charge on any atom is -0.200 e. The van der Waals surface area contributed by atoms with Crippen molar-refractivity contribution in [3.63, 3.8) is 0 Å². The van der Waals surface area contributed by atoms with Crippen LogP contribution in [0.2, 0.25) is 6.32 Å². The maximum absolute atomic E-state index is 5.83. The molecule has 1 aliphatic heterocycles. The SMILES string of the molecule is CC(C)(C)O[S+]1CCCC1.CCCC[B-](c1ccccc1)(c1ccccc1)c1ccccc1. The third-order valence-electron chi connectivity index (χ3n) is 6.46. The van der Waals surface area contributed by atoms with Gasteiger partial charge in [0, 0.05) is 0 Å². The van der Waals surface area contributed by atoms with E-state index in [9.17, 15) is 0 Å². The topological polar surface area (TPSA) is 9.23 Å². The van der Waals surface area contributed by atoms with E-state index in [1.165, 1.54) is 59.9 Å². The number of benzene rings is 3. The summed E-state index contributed by atoms with van der Waals surface area (Å²) in [5.74, 6) is 2.61. The van der Waals surface area contributed by atoms with E-state index in [2.05, 4.69) is 119 Å². The zero-order valence-corrected chi connectivity index (χ0v) is 21.8. The monoisotopic (exact) mass is 460 g/mol. The summed E-state index contributed by atoms with van der Waals surface area (Å²) in [6, 6.07) is 33.2. The molecule has 33 heavy (non-hydrogen) atoms. The molecule has 1 saturated heterocycles. The molecule has 0 aromatic heterocycles. The first kappa shape index (κ1) is 25.7. The van der Waals surface area contributed by atoms with Crippen LogP contribution in [-0.2, 0) is 15.4 Å². The van der Waals surface area contributed by atoms with Gasteiger partial charge in [-0.05, 0) is 33.6 Å². The molecule has 3 aromatic rings. The summed E-state index contributed by atoms with van der Waals surface area (Å²) in [5.41, 5.74) is 4.41. The van der Waals surface area contributed by atoms with Gasteiger partial charge in [0.2, 0.25) is 0 Å². The highest BCUT2D eigenvalue weighted by atomic mass is 32.2. The summed E-state index contributed by atoms with van der Waals surface area (Å²) >= 11 is 0.303. The third kappa shape index (κ3) is 7.26. The van der Waals surface area contributed by atoms with Crippen molar-refractivity contribution in [3.8, 4) is 0 Å². The number of hydrogen-bond donors (Lipinski definition) is 0. The Balaban J connectivity index is 0.000000257. The lowest BCUT2D eigenvalue weighted by Crippen LogP contribution is -2.66. The largest absolute Gasteiger partial charge is 0.200 e. The molecule has 1 aliphatic rings. The second kappa shape index (κ2) is 12.5. The van der Waals surface area contributed by atoms with Crippen molar-refractivity contribution in [2.75, 3.05) is 11.5 Å². The molecular formula is C30H41BOS. The van der Waals surface area contributed by atoms with Crippen LogP contribution in [0.25, 0.3) is 0 Å². The molecule has 0 unspecified atom stereocenters. The highest BCUT2D eigenvalue weighted by Crippen LogP contribution is 2.21. The van der Waals surface area contributed by atoms with Crippen LogP contribution in [0.4, 0.5) is 0 Å². The molecule has 0 spiro atoms. The predicted octanol–water partition coefficient (Wildman–Crippen LogP) is 6.09. The molecule has 0 aliphatic carbocycles. The first-order valence-corrected chi connectivity index (χ1v) is 14.1. The van der Waals surface area contributed by atoms with E-state index in [-0.39, 0.29) is 5.60 Å². The van der Waals surface area contributed by atoms with Gasteiger partial charge >= 0.3 is 0 Å². The van der Waals surface area contributed by atoms with Gasteiger partial charge in [-0.25, -0.2) is 0 Å². The van der Waals surface area contributed by atoms with E-state index in [0.29, 0.717) is 11.2 Å². The Bertz CT molecular complexity index is 819. The first-order chi connectivity index (χ1) is 16.0. The van der Waals surface area contributed by atoms with Crippen molar-refractivity contribution in [3.05, 3.63) is 91.0 Å². The van der Waals surface area contributed by atoms with E-state index in [1.807, 2.05) is 0 Å². The van der Waals surface area contributed by atoms with Gasteiger partial charge in [0.05, 0.1) is 6.15 Å². The smallest absolute Gasteiger partial charge is 0.147 e. The Labute approximate surface area is 205 Å². The Morgan fingerprint density at radius 2 is 1.09 bits per heavy atom. The van der Waals surface area contributed by atoms with Crippen LogP contribution in [0.15, 0.2) is 91.0 Å². The fourth-order valence-corrected chi connectivity index (χ4v) is 7.13. The molecule has 3 aromatic carbocycles. The second-order valence-corrected chi connectivity index (χ2v) is 12.0. The molecule has 0 radical (unpaired) electrons. The van der Waals surface area contributed by atoms with Crippen LogP contribution in [0.1, 0.15) is 53.4 Å². The molecule has 176 valence electrons. The van der Waals surface area contributed by atoms with Crippen molar-refractivity contribution in [2.45, 2.75) is 65.3 Å². The maximum atomic E-state index is 5.83. The molecule has 4 rings (SSSR count). The quantitative estimate of drug-likeness (QED) is 0.306. The van der Waals surface area contributed by atoms with Gasteiger partial charge in [0.1, 0.15) is 28.3 Å². The lowest BCUT2D eigenvalue weighted by Gasteiger charge is -2.43. The zero-order chi connectivity index (χ0) is 23.6. The van der Waals surface area contributed by atoms with Gasteiger partial charge in [-0.2, -0.15) is 26.9 Å². The van der Waals surface area contributed by atoms with Gasteiger partial charge in [-0.1, -0.05) is 111 Å². The van der Waals surface area contributed by atoms with E-state index >= 15 is 0 Å². The number of hydrogen-bond acceptors (Lipinski definition) is 1. The summed E-state index contributed by atoms with van der Waals surface area (Å²) < 4.78 is 5.83. The minimum absolute atomic E-state index is 0.0768. The average Bonchev–Trinajstić information content (AvgIpc) is 3.34. The maximum Gasteiger partial charge on any atom is 0.147 e. The summed E-state index contributed by atoms with van der Waals surface area (Å²) in [4.78, 5) is 0. The average molecular weight is 461 g/mol. The van der Waals surface area contributed by atoms with E-state index in [1.54, 1.807) is 0 Å². The number of rotatable bonds is 7. The molecule has 0 amide bonds. The van der Waals surface area contributed by atoms with Crippen LogP contribution in [0, 0.1) is 0 Å². The van der Waals surface area contributed by atoms with Crippen LogP contribution in [0.3, 0.4) is 0 Å². The summed E-state index contributed by atoms with van der Waals surface area (Å²) in [5, 5.41) is 0. The zero-order valence-electron chi connectivity index (χ0n) is 21.0. The normalized spacial score (nSPS) is 14.5. The van der Waals surface area contributed by atoms with Gasteiger partial charge in [0.25, 0.3) is 0 Å². The molecule has 1 heterocycles. The standard InChI is InChI=1S/C22H24B.C8H17OS/c1-2-3-19-23(20-13-7-4-8-14-20,21-15-9-5-10-16-21)22-17-11-6-12-18-22;1-8(2,3)9-10-6-4-5-7-10/h4-18H,2-3,19H2,1H3;4-7H2,1-3H3/q-1;+1. The van der Waals surface area contributed by atoms with Crippen molar-refractivity contribution in [2.24, 2.45) is 0 Å². The van der Waals surface area contributed by atoms with Gasteiger partial charge in [0.15, 0.2) is 0 Å². The van der Waals surface area contributed by atoms with Crippen LogP contribution in [-0.4, -0.2) is 23.3 Å². The Hall–Kier alpha value is -1.97. The Kier molecular flexibility index (Phi) is 9.71. The molecule has 0 N–H and O–H groups in total. The molecule has 0 atom stereocenters. The fourth-order valence-electron chi connectivity index (χ4n) is 5.00. The van der Waals surface area contributed by atoms with Crippen LogP contribution < -0.4 is 16.4 Å². The third-order valence-corrected chi connectivity index (χ3v) is 8.68. The van der Waals surface area contributed by atoms with Crippen LogP contribution >= 0.6 is 0 Å². The van der Waals surface area contributed by atoms with Crippen molar-refractivity contribution < 1.29 is 4.18 Å². The fraction of sp³-hybridized carbons (Fsp3) is 0.400. The molecule has 1 fully saturated rings. The molecule has 0 saturated carbocycles. The van der Waals surface area contributed by atoms with E-state index in [0.717, 1.165) is 0 Å². The summed E-state index contributed by atoms with van der Waals surface area (Å²) in [6.45, 7) is 8.69. The predicted molar refractivity (Wildman–Crippen MR) is 151 cm³/mol. The van der Waals surface area contributed by atoms with Gasteiger partial charge in [-0.15, -0.1) is 0 Å². The van der Waals surface area contributed by atoms with Crippen molar-refractivity contribution in [1.82, 2.24) is 0 Å². The minimum atomic E-state index is -0.913. The second-order valence-electron chi connectivity index (χ2n) is 10.2. The summed E-state index contributed by atoms with van der Waals surface area (Å²) in [6.07, 6.45) is 5.48. The van der Waals surface area contributed by atoms with Crippen molar-refractivity contribution in [1.29, 1.82) is 0 Å². The first-order valence-electron chi connectivity index (χ1n) is 12.7. The lowest BCUT2D eigenvalue weighted by molar-refractivity contribution is 0.157. The van der Waals surface area contributed by atoms with E-state index < -0.39 is 6.15 Å². The molecule has 1 nitrogen and oxygen atoms in total. The number of unbranched alkanes of at least 4 members (excludes halogenated alkanes) is 1. The highest BCUT2D eigenvalue weighted by molar-refractivity contribution is 7.92.